The highest BCUT2D eigenvalue weighted by Gasteiger charge is 2.23. The Hall–Kier alpha value is -1.97. The molecule has 17 heavy (non-hydrogen) atoms. The van der Waals surface area contributed by atoms with Crippen LogP contribution in [0.2, 0.25) is 0 Å². The second-order valence-corrected chi connectivity index (χ2v) is 3.90. The number of anilines is 1. The molecule has 0 saturated heterocycles. The van der Waals surface area contributed by atoms with Gasteiger partial charge in [0.1, 0.15) is 5.82 Å². The van der Waals surface area contributed by atoms with E-state index in [1.54, 1.807) is 30.5 Å². The number of pyridine rings is 1. The number of nitrogens with two attached hydrogens (primary N) is 1. The number of rotatable bonds is 2. The summed E-state index contributed by atoms with van der Waals surface area (Å²) in [7, 11) is 0. The summed E-state index contributed by atoms with van der Waals surface area (Å²) in [5.41, 5.74) is 7.24. The van der Waals surface area contributed by atoms with Crippen LogP contribution in [0.4, 0.5) is 14.6 Å². The molecule has 1 heterocycles. The molecule has 0 aliphatic heterocycles. The molecule has 2 aromatic rings. The minimum absolute atomic E-state index is 0.0105. The topological polar surface area (TPSA) is 38.9 Å². The van der Waals surface area contributed by atoms with Gasteiger partial charge in [0.25, 0.3) is 5.92 Å². The first-order valence-corrected chi connectivity index (χ1v) is 5.18. The van der Waals surface area contributed by atoms with Gasteiger partial charge in [-0.2, -0.15) is 0 Å². The number of hydrogen-bond acceptors (Lipinski definition) is 2. The molecule has 0 radical (unpaired) electrons. The lowest BCUT2D eigenvalue weighted by Crippen LogP contribution is -2.06. The van der Waals surface area contributed by atoms with E-state index >= 15 is 0 Å². The van der Waals surface area contributed by atoms with Crippen molar-refractivity contribution >= 4 is 5.82 Å². The maximum atomic E-state index is 13.0. The van der Waals surface area contributed by atoms with Crippen molar-refractivity contribution in [2.75, 3.05) is 5.73 Å². The van der Waals surface area contributed by atoms with Crippen molar-refractivity contribution in [2.45, 2.75) is 12.8 Å². The zero-order valence-corrected chi connectivity index (χ0v) is 9.32. The van der Waals surface area contributed by atoms with Gasteiger partial charge in [-0.1, -0.05) is 24.3 Å². The first-order valence-electron chi connectivity index (χ1n) is 5.18. The molecule has 1 aromatic carbocycles. The van der Waals surface area contributed by atoms with Gasteiger partial charge in [-0.05, 0) is 17.7 Å². The van der Waals surface area contributed by atoms with Gasteiger partial charge in [-0.25, -0.2) is 13.8 Å². The van der Waals surface area contributed by atoms with Crippen LogP contribution in [0, 0.1) is 0 Å². The largest absolute Gasteiger partial charge is 0.383 e. The number of benzene rings is 1. The van der Waals surface area contributed by atoms with E-state index in [0.717, 1.165) is 18.1 Å². The summed E-state index contributed by atoms with van der Waals surface area (Å²) in [5, 5.41) is 0. The molecule has 2 nitrogen and oxygen atoms in total. The van der Waals surface area contributed by atoms with Crippen LogP contribution in [0.5, 0.6) is 0 Å². The van der Waals surface area contributed by atoms with E-state index in [1.807, 2.05) is 0 Å². The molecule has 2 N–H and O–H groups in total. The fourth-order valence-corrected chi connectivity index (χ4v) is 1.60. The third-order valence-corrected chi connectivity index (χ3v) is 2.54. The minimum atomic E-state index is -2.82. The van der Waals surface area contributed by atoms with Crippen molar-refractivity contribution in [3.8, 4) is 11.1 Å². The minimum Gasteiger partial charge on any atom is -0.383 e. The molecule has 1 aromatic heterocycles. The molecule has 88 valence electrons. The van der Waals surface area contributed by atoms with Crippen LogP contribution in [0.15, 0.2) is 42.6 Å². The van der Waals surface area contributed by atoms with Crippen LogP contribution >= 0.6 is 0 Å². The average molecular weight is 234 g/mol. The summed E-state index contributed by atoms with van der Waals surface area (Å²) in [6.45, 7) is 0.875. The van der Waals surface area contributed by atoms with E-state index in [1.165, 1.54) is 12.1 Å². The third-order valence-electron chi connectivity index (χ3n) is 2.54. The summed E-state index contributed by atoms with van der Waals surface area (Å²) in [6.07, 6.45) is 1.59. The third kappa shape index (κ3) is 2.41. The van der Waals surface area contributed by atoms with Gasteiger partial charge in [0.2, 0.25) is 0 Å². The molecule has 0 amide bonds. The normalized spacial score (nSPS) is 11.5. The Kier molecular flexibility index (Phi) is 2.79. The van der Waals surface area contributed by atoms with Gasteiger partial charge in [-0.3, -0.25) is 0 Å². The molecule has 2 rings (SSSR count). The van der Waals surface area contributed by atoms with Gasteiger partial charge >= 0.3 is 0 Å². The van der Waals surface area contributed by atoms with Crippen LogP contribution in [-0.2, 0) is 5.92 Å². The fourth-order valence-electron chi connectivity index (χ4n) is 1.60. The van der Waals surface area contributed by atoms with Crippen LogP contribution in [0.1, 0.15) is 12.5 Å². The van der Waals surface area contributed by atoms with E-state index in [4.69, 9.17) is 5.73 Å². The lowest BCUT2D eigenvalue weighted by molar-refractivity contribution is 0.0175. The highest BCUT2D eigenvalue weighted by Crippen LogP contribution is 2.30. The van der Waals surface area contributed by atoms with Crippen LogP contribution < -0.4 is 5.73 Å². The average Bonchev–Trinajstić information content (AvgIpc) is 2.29. The molecule has 0 aliphatic rings. The SMILES string of the molecule is CC(F)(F)c1ccc(-c2cccnc2N)cc1. The van der Waals surface area contributed by atoms with Crippen molar-refractivity contribution in [3.05, 3.63) is 48.2 Å². The van der Waals surface area contributed by atoms with Crippen LogP contribution in [0.25, 0.3) is 11.1 Å². The van der Waals surface area contributed by atoms with Crippen LogP contribution in [0.3, 0.4) is 0 Å². The number of hydrogen-bond donors (Lipinski definition) is 1. The van der Waals surface area contributed by atoms with Crippen molar-refractivity contribution in [3.63, 3.8) is 0 Å². The first-order chi connectivity index (χ1) is 7.98. The Bertz CT molecular complexity index is 516. The van der Waals surface area contributed by atoms with E-state index < -0.39 is 5.92 Å². The number of halogens is 2. The summed E-state index contributed by atoms with van der Waals surface area (Å²) >= 11 is 0. The Balaban J connectivity index is 2.40. The van der Waals surface area contributed by atoms with Crippen molar-refractivity contribution < 1.29 is 8.78 Å². The van der Waals surface area contributed by atoms with Gasteiger partial charge in [0.05, 0.1) is 0 Å². The Morgan fingerprint density at radius 3 is 2.29 bits per heavy atom. The number of nitrogen functional groups attached to an aromatic ring is 1. The Morgan fingerprint density at radius 1 is 1.12 bits per heavy atom. The molecule has 0 saturated carbocycles. The molecular weight excluding hydrogens is 222 g/mol. The molecule has 0 fully saturated rings. The van der Waals surface area contributed by atoms with Gasteiger partial charge < -0.3 is 5.73 Å². The zero-order valence-electron chi connectivity index (χ0n) is 9.32. The molecule has 0 aliphatic carbocycles. The van der Waals surface area contributed by atoms with Crippen molar-refractivity contribution in [1.29, 1.82) is 0 Å². The molecular formula is C13H12F2N2. The summed E-state index contributed by atoms with van der Waals surface area (Å²) < 4.78 is 26.1. The van der Waals surface area contributed by atoms with Gasteiger partial charge in [0, 0.05) is 24.2 Å². The van der Waals surface area contributed by atoms with Crippen LogP contribution in [-0.4, -0.2) is 4.98 Å². The second kappa shape index (κ2) is 4.13. The highest BCUT2D eigenvalue weighted by molar-refractivity contribution is 5.73. The smallest absolute Gasteiger partial charge is 0.270 e. The Morgan fingerprint density at radius 2 is 1.76 bits per heavy atom. The first kappa shape index (κ1) is 11.5. The number of alkyl halides is 2. The van der Waals surface area contributed by atoms with E-state index in [-0.39, 0.29) is 5.56 Å². The quantitative estimate of drug-likeness (QED) is 0.864. The monoisotopic (exact) mass is 234 g/mol. The molecule has 0 unspecified atom stereocenters. The zero-order chi connectivity index (χ0) is 12.5. The molecule has 0 atom stereocenters. The van der Waals surface area contributed by atoms with Crippen molar-refractivity contribution in [2.24, 2.45) is 0 Å². The highest BCUT2D eigenvalue weighted by atomic mass is 19.3. The predicted octanol–water partition coefficient (Wildman–Crippen LogP) is 3.44. The maximum absolute atomic E-state index is 13.0. The van der Waals surface area contributed by atoms with Crippen molar-refractivity contribution in [1.82, 2.24) is 4.98 Å². The summed E-state index contributed by atoms with van der Waals surface area (Å²) in [6, 6.07) is 9.62. The predicted molar refractivity (Wildman–Crippen MR) is 63.7 cm³/mol. The number of aromatic nitrogens is 1. The Labute approximate surface area is 98.1 Å². The summed E-state index contributed by atoms with van der Waals surface area (Å²) in [4.78, 5) is 3.96. The van der Waals surface area contributed by atoms with Gasteiger partial charge in [-0.15, -0.1) is 0 Å². The molecule has 0 spiro atoms. The van der Waals surface area contributed by atoms with Gasteiger partial charge in [0.15, 0.2) is 0 Å². The van der Waals surface area contributed by atoms with E-state index in [0.29, 0.717) is 5.82 Å². The maximum Gasteiger partial charge on any atom is 0.270 e. The fraction of sp³-hybridized carbons (Fsp3) is 0.154. The number of nitrogens with zero attached hydrogens (tertiary/aromatic N) is 1. The lowest BCUT2D eigenvalue weighted by atomic mass is 10.0. The van der Waals surface area contributed by atoms with E-state index in [2.05, 4.69) is 4.98 Å². The standard InChI is InChI=1S/C13H12F2N2/c1-13(14,15)10-6-4-9(5-7-10)11-3-2-8-17-12(11)16/h2-8H,1H3,(H2,16,17). The van der Waals surface area contributed by atoms with E-state index in [9.17, 15) is 8.78 Å². The summed E-state index contributed by atoms with van der Waals surface area (Å²) in [5.74, 6) is -2.43. The molecule has 4 heteroatoms. The molecule has 0 bridgehead atoms. The lowest BCUT2D eigenvalue weighted by Gasteiger charge is -2.11. The second-order valence-electron chi connectivity index (χ2n) is 3.90.